The lowest BCUT2D eigenvalue weighted by molar-refractivity contribution is -0.190. The third-order valence-electron chi connectivity index (χ3n) is 7.30. The van der Waals surface area contributed by atoms with Gasteiger partial charge in [0.2, 0.25) is 0 Å². The smallest absolute Gasteiger partial charge is 0.406 e. The standard InChI is InChI=1S/C28H34F3NO4/c1-17(2)12-20-16-32-11-10-19-13-24(34-3)25(35-4)14-21(19)22(32)15-23(20)36-27(33)26(28(29,30)31)18-8-6-5-7-9-18/h5-9,13-14,17,20,22-23,26H,10-12,15-16H2,1-4H3/t20-,22?,23?,26?/m0/s1. The number of ether oxygens (including phenoxy) is 3. The highest BCUT2D eigenvalue weighted by molar-refractivity contribution is 5.79. The summed E-state index contributed by atoms with van der Waals surface area (Å²) in [5, 5.41) is 0. The summed E-state index contributed by atoms with van der Waals surface area (Å²) < 4.78 is 58.8. The summed E-state index contributed by atoms with van der Waals surface area (Å²) in [5.41, 5.74) is 2.07. The van der Waals surface area contributed by atoms with Crippen molar-refractivity contribution in [1.29, 1.82) is 0 Å². The molecule has 0 radical (unpaired) electrons. The van der Waals surface area contributed by atoms with E-state index >= 15 is 0 Å². The van der Waals surface area contributed by atoms with Crippen LogP contribution in [-0.2, 0) is 16.0 Å². The molecule has 2 aliphatic rings. The Morgan fingerprint density at radius 3 is 2.36 bits per heavy atom. The van der Waals surface area contributed by atoms with E-state index in [9.17, 15) is 18.0 Å². The molecule has 3 unspecified atom stereocenters. The van der Waals surface area contributed by atoms with Crippen molar-refractivity contribution in [1.82, 2.24) is 4.90 Å². The zero-order chi connectivity index (χ0) is 26.0. The molecule has 0 amide bonds. The fraction of sp³-hybridized carbons (Fsp3) is 0.536. The van der Waals surface area contributed by atoms with Gasteiger partial charge in [-0.1, -0.05) is 44.2 Å². The normalized spacial score (nSPS) is 22.9. The van der Waals surface area contributed by atoms with Crippen LogP contribution in [0.15, 0.2) is 42.5 Å². The minimum atomic E-state index is -4.74. The largest absolute Gasteiger partial charge is 0.493 e. The van der Waals surface area contributed by atoms with Gasteiger partial charge in [-0.3, -0.25) is 9.69 Å². The van der Waals surface area contributed by atoms with Gasteiger partial charge in [-0.2, -0.15) is 13.2 Å². The number of fused-ring (bicyclic) bond motifs is 3. The first kappa shape index (κ1) is 26.3. The van der Waals surface area contributed by atoms with Gasteiger partial charge in [0.25, 0.3) is 0 Å². The van der Waals surface area contributed by atoms with E-state index in [2.05, 4.69) is 18.7 Å². The predicted octanol–water partition coefficient (Wildman–Crippen LogP) is 5.93. The van der Waals surface area contributed by atoms with Gasteiger partial charge in [0.05, 0.1) is 14.2 Å². The summed E-state index contributed by atoms with van der Waals surface area (Å²) in [5.74, 6) is -2.00. The number of nitrogens with zero attached hydrogens (tertiary/aromatic N) is 1. The van der Waals surface area contributed by atoms with E-state index in [1.54, 1.807) is 20.3 Å². The van der Waals surface area contributed by atoms with E-state index in [1.165, 1.54) is 24.3 Å². The molecule has 2 heterocycles. The van der Waals surface area contributed by atoms with Crippen LogP contribution in [0.2, 0.25) is 0 Å². The van der Waals surface area contributed by atoms with Crippen molar-refractivity contribution in [3.05, 3.63) is 59.2 Å². The molecular formula is C28H34F3NO4. The maximum atomic E-state index is 14.0. The Labute approximate surface area is 210 Å². The molecule has 0 aliphatic carbocycles. The highest BCUT2D eigenvalue weighted by Gasteiger charge is 2.49. The summed E-state index contributed by atoms with van der Waals surface area (Å²) >= 11 is 0. The summed E-state index contributed by atoms with van der Waals surface area (Å²) in [6.45, 7) is 5.65. The summed E-state index contributed by atoms with van der Waals surface area (Å²) in [6, 6.07) is 11.1. The summed E-state index contributed by atoms with van der Waals surface area (Å²) in [4.78, 5) is 15.5. The van der Waals surface area contributed by atoms with Crippen molar-refractivity contribution in [2.75, 3.05) is 27.3 Å². The second-order valence-electron chi connectivity index (χ2n) is 10.2. The van der Waals surface area contributed by atoms with Gasteiger partial charge in [0, 0.05) is 31.5 Å². The van der Waals surface area contributed by atoms with Crippen molar-refractivity contribution >= 4 is 5.97 Å². The molecule has 2 aromatic carbocycles. The highest BCUT2D eigenvalue weighted by Crippen LogP contribution is 2.45. The first-order valence-electron chi connectivity index (χ1n) is 12.4. The van der Waals surface area contributed by atoms with Crippen LogP contribution in [0.5, 0.6) is 11.5 Å². The first-order chi connectivity index (χ1) is 17.1. The fourth-order valence-electron chi connectivity index (χ4n) is 5.70. The molecule has 196 valence electrons. The number of halogens is 3. The van der Waals surface area contributed by atoms with E-state index in [-0.39, 0.29) is 17.5 Å². The molecule has 4 atom stereocenters. The van der Waals surface area contributed by atoms with Gasteiger partial charge in [-0.05, 0) is 47.6 Å². The minimum Gasteiger partial charge on any atom is -0.493 e. The van der Waals surface area contributed by atoms with Gasteiger partial charge in [-0.25, -0.2) is 0 Å². The molecule has 0 saturated carbocycles. The number of hydrogen-bond acceptors (Lipinski definition) is 5. The Morgan fingerprint density at radius 1 is 1.08 bits per heavy atom. The van der Waals surface area contributed by atoms with E-state index in [0.717, 1.165) is 30.5 Å². The Bertz CT molecular complexity index is 1060. The molecule has 36 heavy (non-hydrogen) atoms. The minimum absolute atomic E-state index is 0.0449. The SMILES string of the molecule is COc1cc2c(cc1OC)C1CC(OC(=O)C(c3ccccc3)C(F)(F)F)[C@@H](CC(C)C)CN1CC2. The molecule has 1 saturated heterocycles. The predicted molar refractivity (Wildman–Crippen MR) is 130 cm³/mol. The van der Waals surface area contributed by atoms with Crippen molar-refractivity contribution in [2.45, 2.75) is 57.3 Å². The van der Waals surface area contributed by atoms with Crippen molar-refractivity contribution in [3.63, 3.8) is 0 Å². The van der Waals surface area contributed by atoms with Crippen LogP contribution in [0, 0.1) is 11.8 Å². The summed E-state index contributed by atoms with van der Waals surface area (Å²) in [7, 11) is 3.17. The number of hydrogen-bond donors (Lipinski definition) is 0. The zero-order valence-electron chi connectivity index (χ0n) is 21.2. The second-order valence-corrected chi connectivity index (χ2v) is 10.2. The van der Waals surface area contributed by atoms with Crippen molar-refractivity contribution < 1.29 is 32.2 Å². The Balaban J connectivity index is 1.64. The molecule has 0 bridgehead atoms. The van der Waals surface area contributed by atoms with Crippen LogP contribution in [0.4, 0.5) is 13.2 Å². The fourth-order valence-corrected chi connectivity index (χ4v) is 5.70. The zero-order valence-corrected chi connectivity index (χ0v) is 21.2. The molecule has 0 spiro atoms. The van der Waals surface area contributed by atoms with E-state index < -0.39 is 24.2 Å². The van der Waals surface area contributed by atoms with Gasteiger partial charge >= 0.3 is 12.1 Å². The third-order valence-corrected chi connectivity index (χ3v) is 7.30. The molecule has 2 aliphatic heterocycles. The lowest BCUT2D eigenvalue weighted by Crippen LogP contribution is -2.50. The molecule has 0 N–H and O–H groups in total. The highest BCUT2D eigenvalue weighted by atomic mass is 19.4. The average molecular weight is 506 g/mol. The van der Waals surface area contributed by atoms with E-state index in [0.29, 0.717) is 30.4 Å². The lowest BCUT2D eigenvalue weighted by atomic mass is 9.79. The van der Waals surface area contributed by atoms with Crippen LogP contribution in [0.3, 0.4) is 0 Å². The van der Waals surface area contributed by atoms with Crippen molar-refractivity contribution in [3.8, 4) is 11.5 Å². The summed E-state index contributed by atoms with van der Waals surface area (Å²) in [6.07, 6.45) is -3.32. The van der Waals surface area contributed by atoms with E-state index in [1.807, 2.05) is 12.1 Å². The molecule has 5 nitrogen and oxygen atoms in total. The quantitative estimate of drug-likeness (QED) is 0.437. The van der Waals surface area contributed by atoms with Crippen LogP contribution >= 0.6 is 0 Å². The number of benzene rings is 2. The average Bonchev–Trinajstić information content (AvgIpc) is 2.83. The molecule has 0 aromatic heterocycles. The number of rotatable bonds is 7. The Hall–Kier alpha value is -2.74. The Morgan fingerprint density at radius 2 is 1.75 bits per heavy atom. The van der Waals surface area contributed by atoms with E-state index in [4.69, 9.17) is 14.2 Å². The first-order valence-corrected chi connectivity index (χ1v) is 12.4. The van der Waals surface area contributed by atoms with Gasteiger partial charge in [-0.15, -0.1) is 0 Å². The second kappa shape index (κ2) is 10.7. The third kappa shape index (κ3) is 5.48. The van der Waals surface area contributed by atoms with Crippen LogP contribution in [-0.4, -0.2) is 50.5 Å². The molecular weight excluding hydrogens is 471 g/mol. The monoisotopic (exact) mass is 505 g/mol. The number of carbonyl (C=O) groups excluding carboxylic acids is 1. The number of alkyl halides is 3. The number of methoxy groups -OCH3 is 2. The maximum Gasteiger partial charge on any atom is 0.406 e. The molecule has 2 aromatic rings. The van der Waals surface area contributed by atoms with Crippen LogP contribution < -0.4 is 9.47 Å². The molecule has 4 rings (SSSR count). The number of carbonyl (C=O) groups is 1. The number of piperidine rings is 1. The van der Waals surface area contributed by atoms with Gasteiger partial charge in [0.15, 0.2) is 17.4 Å². The number of esters is 1. The van der Waals surface area contributed by atoms with Crippen LogP contribution in [0.1, 0.15) is 55.3 Å². The topological polar surface area (TPSA) is 48.0 Å². The van der Waals surface area contributed by atoms with Crippen molar-refractivity contribution in [2.24, 2.45) is 11.8 Å². The molecule has 1 fully saturated rings. The maximum absolute atomic E-state index is 14.0. The Kier molecular flexibility index (Phi) is 7.83. The van der Waals surface area contributed by atoms with Gasteiger partial charge < -0.3 is 14.2 Å². The van der Waals surface area contributed by atoms with Gasteiger partial charge in [0.1, 0.15) is 6.10 Å². The lowest BCUT2D eigenvalue weighted by Gasteiger charge is -2.47. The molecule has 8 heteroatoms. The van der Waals surface area contributed by atoms with Crippen LogP contribution in [0.25, 0.3) is 0 Å².